The fraction of sp³-hybridized carbons (Fsp3) is 0.400. The Kier molecular flexibility index (Phi) is 7.06. The molecule has 0 radical (unpaired) electrons. The van der Waals surface area contributed by atoms with Crippen molar-refractivity contribution >= 4 is 24.8 Å². The summed E-state index contributed by atoms with van der Waals surface area (Å²) in [5, 5.41) is 0. The minimum absolute atomic E-state index is 0. The Balaban J connectivity index is 0.000001000. The predicted octanol–water partition coefficient (Wildman–Crippen LogP) is 3.56. The minimum Gasteiger partial charge on any atom is -0.324 e. The van der Waals surface area contributed by atoms with Crippen LogP contribution >= 0.6 is 24.8 Å². The van der Waals surface area contributed by atoms with Gasteiger partial charge in [0, 0.05) is 25.5 Å². The summed E-state index contributed by atoms with van der Waals surface area (Å²) in [7, 11) is 0. The number of hydrogen-bond donors (Lipinski definition) is 0. The first-order valence-corrected chi connectivity index (χ1v) is 6.65. The van der Waals surface area contributed by atoms with Crippen molar-refractivity contribution in [2.45, 2.75) is 25.4 Å². The number of rotatable bonds is 3. The Labute approximate surface area is 132 Å². The molecule has 0 spiro atoms. The quantitative estimate of drug-likeness (QED) is 0.864. The third-order valence-corrected chi connectivity index (χ3v) is 3.78. The maximum absolute atomic E-state index is 4.09. The van der Waals surface area contributed by atoms with E-state index in [0.29, 0.717) is 0 Å². The largest absolute Gasteiger partial charge is 0.324 e. The van der Waals surface area contributed by atoms with Gasteiger partial charge in [-0.05, 0) is 24.3 Å². The average molecular weight is 314 g/mol. The van der Waals surface area contributed by atoms with Crippen molar-refractivity contribution in [1.29, 1.82) is 0 Å². The number of nitrogens with zero attached hydrogens (tertiary/aromatic N) is 3. The zero-order valence-electron chi connectivity index (χ0n) is 11.4. The molecule has 3 nitrogen and oxygen atoms in total. The van der Waals surface area contributed by atoms with Crippen LogP contribution in [0.2, 0.25) is 0 Å². The number of halogens is 2. The second-order valence-corrected chi connectivity index (χ2v) is 5.02. The number of hydrogen-bond acceptors (Lipinski definition) is 2. The maximum atomic E-state index is 4.09. The Morgan fingerprint density at radius 2 is 1.75 bits per heavy atom. The van der Waals surface area contributed by atoms with E-state index in [2.05, 4.69) is 44.8 Å². The van der Waals surface area contributed by atoms with Gasteiger partial charge in [-0.2, -0.15) is 0 Å². The summed E-state index contributed by atoms with van der Waals surface area (Å²) in [6.07, 6.45) is 8.29. The van der Waals surface area contributed by atoms with Crippen molar-refractivity contribution in [2.24, 2.45) is 0 Å². The summed E-state index contributed by atoms with van der Waals surface area (Å²) in [6.45, 7) is 3.33. The van der Waals surface area contributed by atoms with Crippen LogP contribution in [0.15, 0.2) is 49.1 Å². The highest BCUT2D eigenvalue weighted by molar-refractivity contribution is 5.85. The number of imidazole rings is 1. The van der Waals surface area contributed by atoms with E-state index < -0.39 is 0 Å². The number of piperidine rings is 1. The van der Waals surface area contributed by atoms with Crippen LogP contribution in [-0.2, 0) is 6.67 Å². The molecule has 3 rings (SSSR count). The minimum atomic E-state index is 0. The lowest BCUT2D eigenvalue weighted by molar-refractivity contribution is 0.169. The molecule has 1 aromatic carbocycles. The van der Waals surface area contributed by atoms with Crippen LogP contribution in [0.3, 0.4) is 0 Å². The van der Waals surface area contributed by atoms with Crippen molar-refractivity contribution in [3.05, 3.63) is 54.6 Å². The van der Waals surface area contributed by atoms with Gasteiger partial charge in [0.25, 0.3) is 0 Å². The van der Waals surface area contributed by atoms with Crippen molar-refractivity contribution in [2.75, 3.05) is 13.1 Å². The van der Waals surface area contributed by atoms with Gasteiger partial charge in [-0.1, -0.05) is 30.3 Å². The predicted molar refractivity (Wildman–Crippen MR) is 86.7 cm³/mol. The lowest BCUT2D eigenvalue weighted by atomic mass is 9.90. The first-order valence-electron chi connectivity index (χ1n) is 6.65. The SMILES string of the molecule is Cl.Cl.c1ccc(C2CCN(Cn3ccnc3)CC2)cc1. The summed E-state index contributed by atoms with van der Waals surface area (Å²) >= 11 is 0. The Bertz CT molecular complexity index is 465. The molecule has 0 unspecified atom stereocenters. The highest BCUT2D eigenvalue weighted by Gasteiger charge is 2.20. The van der Waals surface area contributed by atoms with Gasteiger partial charge < -0.3 is 4.57 Å². The molecular formula is C15H21Cl2N3. The molecule has 5 heteroatoms. The molecule has 20 heavy (non-hydrogen) atoms. The molecule has 0 atom stereocenters. The number of benzene rings is 1. The van der Waals surface area contributed by atoms with Gasteiger partial charge in [0.2, 0.25) is 0 Å². The lowest BCUT2D eigenvalue weighted by Crippen LogP contribution is -2.34. The second kappa shape index (κ2) is 8.30. The molecule has 1 aliphatic heterocycles. The summed E-state index contributed by atoms with van der Waals surface area (Å²) in [4.78, 5) is 6.59. The summed E-state index contributed by atoms with van der Waals surface area (Å²) in [5.74, 6) is 0.741. The topological polar surface area (TPSA) is 21.1 Å². The Hall–Kier alpha value is -1.03. The second-order valence-electron chi connectivity index (χ2n) is 5.02. The number of likely N-dealkylation sites (tertiary alicyclic amines) is 1. The molecule has 0 amide bonds. The molecular weight excluding hydrogens is 293 g/mol. The standard InChI is InChI=1S/C15H19N3.2ClH/c1-2-4-14(5-3-1)15-6-9-17(10-7-15)13-18-11-8-16-12-18;;/h1-5,8,11-12,15H,6-7,9-10,13H2;2*1H. The van der Waals surface area contributed by atoms with Crippen molar-refractivity contribution < 1.29 is 0 Å². The van der Waals surface area contributed by atoms with Gasteiger partial charge >= 0.3 is 0 Å². The van der Waals surface area contributed by atoms with Gasteiger partial charge in [-0.15, -0.1) is 24.8 Å². The molecule has 0 saturated carbocycles. The molecule has 0 N–H and O–H groups in total. The summed E-state index contributed by atoms with van der Waals surface area (Å²) in [5.41, 5.74) is 1.50. The smallest absolute Gasteiger partial charge is 0.0956 e. The molecule has 1 aromatic heterocycles. The first kappa shape index (κ1) is 17.0. The maximum Gasteiger partial charge on any atom is 0.0956 e. The van der Waals surface area contributed by atoms with Crippen LogP contribution < -0.4 is 0 Å². The van der Waals surface area contributed by atoms with Gasteiger partial charge in [0.05, 0.1) is 13.0 Å². The van der Waals surface area contributed by atoms with Crippen molar-refractivity contribution in [3.8, 4) is 0 Å². The van der Waals surface area contributed by atoms with Crippen LogP contribution in [0.5, 0.6) is 0 Å². The van der Waals surface area contributed by atoms with Crippen LogP contribution in [0, 0.1) is 0 Å². The van der Waals surface area contributed by atoms with E-state index in [1.807, 2.05) is 18.7 Å². The monoisotopic (exact) mass is 313 g/mol. The summed E-state index contributed by atoms with van der Waals surface area (Å²) in [6, 6.07) is 10.9. The van der Waals surface area contributed by atoms with E-state index in [-0.39, 0.29) is 24.8 Å². The molecule has 2 heterocycles. The molecule has 110 valence electrons. The first-order chi connectivity index (χ1) is 8.92. The Morgan fingerprint density at radius 3 is 2.35 bits per heavy atom. The van der Waals surface area contributed by atoms with E-state index >= 15 is 0 Å². The zero-order chi connectivity index (χ0) is 12.2. The molecule has 0 bridgehead atoms. The van der Waals surface area contributed by atoms with Gasteiger partial charge in [0.15, 0.2) is 0 Å². The fourth-order valence-electron chi connectivity index (χ4n) is 2.73. The Morgan fingerprint density at radius 1 is 1.05 bits per heavy atom. The van der Waals surface area contributed by atoms with Crippen LogP contribution in [0.25, 0.3) is 0 Å². The zero-order valence-corrected chi connectivity index (χ0v) is 13.0. The third-order valence-electron chi connectivity index (χ3n) is 3.78. The van der Waals surface area contributed by atoms with E-state index in [0.717, 1.165) is 12.6 Å². The van der Waals surface area contributed by atoms with E-state index in [1.54, 1.807) is 0 Å². The highest BCUT2D eigenvalue weighted by atomic mass is 35.5. The normalized spacial score (nSPS) is 16.2. The van der Waals surface area contributed by atoms with E-state index in [1.165, 1.54) is 31.5 Å². The number of aromatic nitrogens is 2. The van der Waals surface area contributed by atoms with Crippen LogP contribution in [0.1, 0.15) is 24.3 Å². The summed E-state index contributed by atoms with van der Waals surface area (Å²) < 4.78 is 2.14. The van der Waals surface area contributed by atoms with Crippen LogP contribution in [-0.4, -0.2) is 27.5 Å². The fourth-order valence-corrected chi connectivity index (χ4v) is 2.73. The third kappa shape index (κ3) is 4.23. The van der Waals surface area contributed by atoms with Crippen molar-refractivity contribution in [3.63, 3.8) is 0 Å². The molecule has 0 aliphatic carbocycles. The van der Waals surface area contributed by atoms with Gasteiger partial charge in [-0.3, -0.25) is 4.90 Å². The van der Waals surface area contributed by atoms with E-state index in [4.69, 9.17) is 0 Å². The van der Waals surface area contributed by atoms with Gasteiger partial charge in [0.1, 0.15) is 0 Å². The van der Waals surface area contributed by atoms with Crippen LogP contribution in [0.4, 0.5) is 0 Å². The molecule has 1 saturated heterocycles. The molecule has 1 fully saturated rings. The van der Waals surface area contributed by atoms with Gasteiger partial charge in [-0.25, -0.2) is 4.98 Å². The average Bonchev–Trinajstić information content (AvgIpc) is 2.94. The molecule has 1 aliphatic rings. The molecule has 2 aromatic rings. The lowest BCUT2D eigenvalue weighted by Gasteiger charge is -2.32. The highest BCUT2D eigenvalue weighted by Crippen LogP contribution is 2.27. The van der Waals surface area contributed by atoms with Crippen molar-refractivity contribution in [1.82, 2.24) is 14.5 Å². The van der Waals surface area contributed by atoms with E-state index in [9.17, 15) is 0 Å².